The molecule has 1 aliphatic rings. The van der Waals surface area contributed by atoms with Gasteiger partial charge in [-0.25, -0.2) is 0 Å². The van der Waals surface area contributed by atoms with Crippen LogP contribution in [0.3, 0.4) is 0 Å². The maximum atomic E-state index is 12.6. The zero-order valence-corrected chi connectivity index (χ0v) is 17.2. The van der Waals surface area contributed by atoms with E-state index in [1.54, 1.807) is 20.3 Å². The van der Waals surface area contributed by atoms with E-state index in [1.807, 2.05) is 32.0 Å². The summed E-state index contributed by atoms with van der Waals surface area (Å²) < 4.78 is 10.7. The van der Waals surface area contributed by atoms with E-state index in [9.17, 15) is 4.79 Å². The number of fused-ring (bicyclic) bond motifs is 1. The average molecular weight is 380 g/mol. The predicted octanol–water partition coefficient (Wildman–Crippen LogP) is 4.86. The molecular weight excluding hydrogens is 350 g/mol. The highest BCUT2D eigenvalue weighted by atomic mass is 16.5. The SMILES string of the molecule is COc1ccc(/C(C)=C/C(=O)NC(C)c2ccc3c(c2)CCCC3)c(OC)c1. The van der Waals surface area contributed by atoms with Crippen LogP contribution in [-0.4, -0.2) is 20.1 Å². The summed E-state index contributed by atoms with van der Waals surface area (Å²) in [5.41, 5.74) is 5.76. The fourth-order valence-electron chi connectivity index (χ4n) is 3.76. The Morgan fingerprint density at radius 1 is 1.04 bits per heavy atom. The molecule has 2 aromatic rings. The number of benzene rings is 2. The first-order valence-electron chi connectivity index (χ1n) is 9.84. The van der Waals surface area contributed by atoms with E-state index in [0.29, 0.717) is 5.75 Å². The summed E-state index contributed by atoms with van der Waals surface area (Å²) in [6.45, 7) is 3.94. The van der Waals surface area contributed by atoms with Crippen molar-refractivity contribution in [2.24, 2.45) is 0 Å². The monoisotopic (exact) mass is 379 g/mol. The molecule has 0 saturated carbocycles. The first-order valence-corrected chi connectivity index (χ1v) is 9.84. The van der Waals surface area contributed by atoms with Crippen molar-refractivity contribution in [1.82, 2.24) is 5.32 Å². The van der Waals surface area contributed by atoms with Gasteiger partial charge in [0.25, 0.3) is 0 Å². The molecule has 148 valence electrons. The van der Waals surface area contributed by atoms with E-state index in [-0.39, 0.29) is 11.9 Å². The summed E-state index contributed by atoms with van der Waals surface area (Å²) in [5, 5.41) is 3.08. The van der Waals surface area contributed by atoms with Gasteiger partial charge < -0.3 is 14.8 Å². The minimum absolute atomic E-state index is 0.0402. The number of hydrogen-bond acceptors (Lipinski definition) is 3. The third-order valence-corrected chi connectivity index (χ3v) is 5.41. The number of amides is 1. The molecule has 4 nitrogen and oxygen atoms in total. The van der Waals surface area contributed by atoms with Crippen LogP contribution in [0.5, 0.6) is 11.5 Å². The highest BCUT2D eigenvalue weighted by Gasteiger charge is 2.14. The number of methoxy groups -OCH3 is 2. The predicted molar refractivity (Wildman–Crippen MR) is 113 cm³/mol. The molecule has 3 rings (SSSR count). The summed E-state index contributed by atoms with van der Waals surface area (Å²) in [4.78, 5) is 12.6. The van der Waals surface area contributed by atoms with E-state index in [4.69, 9.17) is 9.47 Å². The van der Waals surface area contributed by atoms with Gasteiger partial charge in [0.05, 0.1) is 20.3 Å². The van der Waals surface area contributed by atoms with Gasteiger partial charge in [0.1, 0.15) is 11.5 Å². The van der Waals surface area contributed by atoms with Gasteiger partial charge in [0.2, 0.25) is 5.91 Å². The molecule has 1 amide bonds. The topological polar surface area (TPSA) is 47.6 Å². The summed E-state index contributed by atoms with van der Waals surface area (Å²) in [6, 6.07) is 12.2. The Bertz CT molecular complexity index is 885. The number of rotatable bonds is 6. The minimum Gasteiger partial charge on any atom is -0.497 e. The van der Waals surface area contributed by atoms with Crippen LogP contribution in [0.15, 0.2) is 42.5 Å². The molecule has 0 radical (unpaired) electrons. The lowest BCUT2D eigenvalue weighted by molar-refractivity contribution is -0.117. The van der Waals surface area contributed by atoms with Crippen LogP contribution in [-0.2, 0) is 17.6 Å². The highest BCUT2D eigenvalue weighted by molar-refractivity contribution is 5.95. The Morgan fingerprint density at radius 2 is 1.79 bits per heavy atom. The van der Waals surface area contributed by atoms with E-state index in [2.05, 4.69) is 23.5 Å². The quantitative estimate of drug-likeness (QED) is 0.729. The first kappa shape index (κ1) is 20.0. The number of aryl methyl sites for hydroxylation is 2. The molecule has 0 heterocycles. The van der Waals surface area contributed by atoms with E-state index >= 15 is 0 Å². The van der Waals surface area contributed by atoms with E-state index in [1.165, 1.54) is 30.4 Å². The Morgan fingerprint density at radius 3 is 2.50 bits per heavy atom. The fourth-order valence-corrected chi connectivity index (χ4v) is 3.76. The van der Waals surface area contributed by atoms with Crippen molar-refractivity contribution in [1.29, 1.82) is 0 Å². The summed E-state index contributed by atoms with van der Waals surface area (Å²) >= 11 is 0. The molecule has 0 fully saturated rings. The Hall–Kier alpha value is -2.75. The lowest BCUT2D eigenvalue weighted by atomic mass is 9.89. The van der Waals surface area contributed by atoms with Crippen molar-refractivity contribution in [3.05, 3.63) is 64.7 Å². The number of nitrogens with one attached hydrogen (secondary N) is 1. The van der Waals surface area contributed by atoms with Gasteiger partial charge in [-0.2, -0.15) is 0 Å². The van der Waals surface area contributed by atoms with Gasteiger partial charge in [-0.1, -0.05) is 18.2 Å². The molecule has 1 unspecified atom stereocenters. The van der Waals surface area contributed by atoms with Gasteiger partial charge >= 0.3 is 0 Å². The molecule has 0 saturated heterocycles. The van der Waals surface area contributed by atoms with Gasteiger partial charge in [0, 0.05) is 17.7 Å². The van der Waals surface area contributed by atoms with Crippen molar-refractivity contribution in [3.63, 3.8) is 0 Å². The van der Waals surface area contributed by atoms with Crippen LogP contribution >= 0.6 is 0 Å². The molecule has 0 aliphatic heterocycles. The third-order valence-electron chi connectivity index (χ3n) is 5.41. The zero-order valence-electron chi connectivity index (χ0n) is 17.2. The van der Waals surface area contributed by atoms with Crippen molar-refractivity contribution in [3.8, 4) is 11.5 Å². The van der Waals surface area contributed by atoms with Crippen LogP contribution in [0, 0.1) is 0 Å². The lowest BCUT2D eigenvalue weighted by Gasteiger charge is -2.20. The largest absolute Gasteiger partial charge is 0.497 e. The van der Waals surface area contributed by atoms with Crippen LogP contribution in [0.25, 0.3) is 5.57 Å². The van der Waals surface area contributed by atoms with Gasteiger partial charge in [-0.3, -0.25) is 4.79 Å². The highest BCUT2D eigenvalue weighted by Crippen LogP contribution is 2.30. The van der Waals surface area contributed by atoms with Crippen LogP contribution < -0.4 is 14.8 Å². The van der Waals surface area contributed by atoms with Crippen LogP contribution in [0.4, 0.5) is 0 Å². The Balaban J connectivity index is 1.72. The molecule has 0 aromatic heterocycles. The molecular formula is C24H29NO3. The lowest BCUT2D eigenvalue weighted by Crippen LogP contribution is -2.25. The van der Waals surface area contributed by atoms with Crippen molar-refractivity contribution in [2.75, 3.05) is 14.2 Å². The molecule has 1 N–H and O–H groups in total. The second kappa shape index (κ2) is 8.96. The molecule has 2 aromatic carbocycles. The second-order valence-electron chi connectivity index (χ2n) is 7.36. The number of carbonyl (C=O) groups is 1. The average Bonchev–Trinajstić information content (AvgIpc) is 2.72. The van der Waals surface area contributed by atoms with Crippen molar-refractivity contribution >= 4 is 11.5 Å². The van der Waals surface area contributed by atoms with Crippen molar-refractivity contribution < 1.29 is 14.3 Å². The van der Waals surface area contributed by atoms with Gasteiger partial charge in [0.15, 0.2) is 0 Å². The standard InChI is InChI=1S/C24H29NO3/c1-16(22-12-11-21(27-3)15-23(22)28-4)13-24(26)25-17(2)19-10-9-18-7-5-6-8-20(18)14-19/h9-15,17H,5-8H2,1-4H3,(H,25,26)/b16-13+. The number of carbonyl (C=O) groups excluding carboxylic acids is 1. The smallest absolute Gasteiger partial charge is 0.244 e. The van der Waals surface area contributed by atoms with Gasteiger partial charge in [-0.05, 0) is 73.9 Å². The molecule has 28 heavy (non-hydrogen) atoms. The minimum atomic E-state index is -0.111. The van der Waals surface area contributed by atoms with Crippen LogP contribution in [0.2, 0.25) is 0 Å². The first-order chi connectivity index (χ1) is 13.5. The Kier molecular flexibility index (Phi) is 6.40. The fraction of sp³-hybridized carbons (Fsp3) is 0.375. The second-order valence-corrected chi connectivity index (χ2v) is 7.36. The molecule has 1 aliphatic carbocycles. The maximum Gasteiger partial charge on any atom is 0.244 e. The summed E-state index contributed by atoms with van der Waals surface area (Å²) in [5.74, 6) is 1.29. The number of hydrogen-bond donors (Lipinski definition) is 1. The molecule has 4 heteroatoms. The number of allylic oxidation sites excluding steroid dienone is 1. The Labute approximate surface area is 167 Å². The normalized spacial score (nSPS) is 14.8. The van der Waals surface area contributed by atoms with Crippen LogP contribution in [0.1, 0.15) is 55.0 Å². The van der Waals surface area contributed by atoms with E-state index < -0.39 is 0 Å². The van der Waals surface area contributed by atoms with Crippen molar-refractivity contribution in [2.45, 2.75) is 45.6 Å². The molecule has 0 spiro atoms. The number of ether oxygens (including phenoxy) is 2. The summed E-state index contributed by atoms with van der Waals surface area (Å²) in [6.07, 6.45) is 6.46. The molecule has 1 atom stereocenters. The molecule has 0 bridgehead atoms. The summed E-state index contributed by atoms with van der Waals surface area (Å²) in [7, 11) is 3.23. The van der Waals surface area contributed by atoms with Gasteiger partial charge in [-0.15, -0.1) is 0 Å². The zero-order chi connectivity index (χ0) is 20.1. The maximum absolute atomic E-state index is 12.6. The van der Waals surface area contributed by atoms with E-state index in [0.717, 1.165) is 28.9 Å². The third kappa shape index (κ3) is 4.56.